The third-order valence-corrected chi connectivity index (χ3v) is 3.84. The van der Waals surface area contributed by atoms with Crippen molar-refractivity contribution in [2.24, 2.45) is 0 Å². The molecule has 6 heteroatoms. The predicted octanol–water partition coefficient (Wildman–Crippen LogP) is 3.54. The molecule has 0 radical (unpaired) electrons. The normalized spacial score (nSPS) is 12.7. The molecule has 0 fully saturated rings. The molecule has 1 aromatic heterocycles. The Hall–Kier alpha value is -0.720. The van der Waals surface area contributed by atoms with Crippen LogP contribution < -0.4 is 0 Å². The summed E-state index contributed by atoms with van der Waals surface area (Å²) in [4.78, 5) is 0. The molecule has 0 aliphatic carbocycles. The zero-order valence-electron chi connectivity index (χ0n) is 10.1. The quantitative estimate of drug-likeness (QED) is 0.893. The van der Waals surface area contributed by atoms with Gasteiger partial charge in [0, 0.05) is 8.95 Å². The molecule has 96 valence electrons. The third-order valence-electron chi connectivity index (χ3n) is 2.63. The number of rotatable bonds is 3. The lowest BCUT2D eigenvalue weighted by molar-refractivity contribution is 0.169. The van der Waals surface area contributed by atoms with Crippen molar-refractivity contribution in [3.05, 3.63) is 38.5 Å². The van der Waals surface area contributed by atoms with Gasteiger partial charge in [0.1, 0.15) is 5.69 Å². The summed E-state index contributed by atoms with van der Waals surface area (Å²) < 4.78 is 3.51. The zero-order chi connectivity index (χ0) is 13.3. The van der Waals surface area contributed by atoms with Gasteiger partial charge in [-0.25, -0.2) is 4.68 Å². The Balaban J connectivity index is 2.46. The van der Waals surface area contributed by atoms with Gasteiger partial charge in [-0.3, -0.25) is 0 Å². The smallest absolute Gasteiger partial charge is 0.112 e. The van der Waals surface area contributed by atoms with E-state index in [0.29, 0.717) is 12.1 Å². The molecule has 1 N–H and O–H groups in total. The van der Waals surface area contributed by atoms with Crippen LogP contribution in [0.4, 0.5) is 0 Å². The Bertz CT molecular complexity index is 545. The maximum atomic E-state index is 9.73. The van der Waals surface area contributed by atoms with Crippen LogP contribution in [0.25, 0.3) is 5.69 Å². The molecule has 0 saturated carbocycles. The highest BCUT2D eigenvalue weighted by molar-refractivity contribution is 9.11. The zero-order valence-corrected chi connectivity index (χ0v) is 13.2. The van der Waals surface area contributed by atoms with Crippen LogP contribution in [0, 0.1) is 6.92 Å². The van der Waals surface area contributed by atoms with Gasteiger partial charge in [-0.05, 0) is 62.9 Å². The number of aryl methyl sites for hydroxylation is 1. The molecule has 2 rings (SSSR count). The predicted molar refractivity (Wildman–Crippen MR) is 76.7 cm³/mol. The number of benzene rings is 1. The molecule has 0 amide bonds. The van der Waals surface area contributed by atoms with Gasteiger partial charge in [-0.15, -0.1) is 5.10 Å². The van der Waals surface area contributed by atoms with E-state index < -0.39 is 6.10 Å². The number of aromatic nitrogens is 3. The molecule has 0 aliphatic heterocycles. The van der Waals surface area contributed by atoms with Crippen LogP contribution in [0.1, 0.15) is 30.7 Å². The molecule has 1 heterocycles. The molecule has 1 atom stereocenters. The van der Waals surface area contributed by atoms with E-state index in [9.17, 15) is 5.11 Å². The van der Waals surface area contributed by atoms with Crippen molar-refractivity contribution in [2.45, 2.75) is 26.4 Å². The average molecular weight is 375 g/mol. The van der Waals surface area contributed by atoms with E-state index in [-0.39, 0.29) is 0 Å². The molecular weight excluding hydrogens is 362 g/mol. The number of nitrogens with zero attached hydrogens (tertiary/aromatic N) is 3. The lowest BCUT2D eigenvalue weighted by atomic mass is 10.2. The van der Waals surface area contributed by atoms with Gasteiger partial charge < -0.3 is 5.11 Å². The van der Waals surface area contributed by atoms with Crippen LogP contribution in [0.5, 0.6) is 0 Å². The fourth-order valence-electron chi connectivity index (χ4n) is 1.66. The van der Waals surface area contributed by atoms with Crippen molar-refractivity contribution in [3.8, 4) is 5.69 Å². The van der Waals surface area contributed by atoms with E-state index in [1.54, 1.807) is 10.9 Å². The van der Waals surface area contributed by atoms with Crippen LogP contribution in [0.3, 0.4) is 0 Å². The Morgan fingerprint density at radius 1 is 1.33 bits per heavy atom. The molecule has 1 unspecified atom stereocenters. The van der Waals surface area contributed by atoms with E-state index >= 15 is 0 Å². The summed E-state index contributed by atoms with van der Waals surface area (Å²) in [6.07, 6.45) is 1.80. The summed E-state index contributed by atoms with van der Waals surface area (Å²) in [5.74, 6) is 0. The first-order chi connectivity index (χ1) is 8.52. The minimum atomic E-state index is -0.568. The second-order valence-electron chi connectivity index (χ2n) is 4.09. The number of aliphatic hydroxyl groups excluding tert-OH is 1. The maximum Gasteiger partial charge on any atom is 0.112 e. The van der Waals surface area contributed by atoms with Crippen LogP contribution in [0.15, 0.2) is 27.3 Å². The number of hydrogen-bond acceptors (Lipinski definition) is 3. The van der Waals surface area contributed by atoms with Crippen molar-refractivity contribution in [1.29, 1.82) is 0 Å². The highest BCUT2D eigenvalue weighted by Gasteiger charge is 2.14. The van der Waals surface area contributed by atoms with Crippen LogP contribution in [-0.2, 0) is 0 Å². The van der Waals surface area contributed by atoms with Crippen LogP contribution in [0.2, 0.25) is 0 Å². The van der Waals surface area contributed by atoms with Gasteiger partial charge in [0.15, 0.2) is 0 Å². The van der Waals surface area contributed by atoms with Gasteiger partial charge in [-0.2, -0.15) is 0 Å². The fraction of sp³-hybridized carbons (Fsp3) is 0.333. The topological polar surface area (TPSA) is 50.9 Å². The highest BCUT2D eigenvalue weighted by Crippen LogP contribution is 2.30. The summed E-state index contributed by atoms with van der Waals surface area (Å²) >= 11 is 7.03. The van der Waals surface area contributed by atoms with E-state index in [2.05, 4.69) is 42.2 Å². The summed E-state index contributed by atoms with van der Waals surface area (Å²) in [5.41, 5.74) is 2.60. The molecule has 0 bridgehead atoms. The fourth-order valence-corrected chi connectivity index (χ4v) is 3.44. The molecule has 1 aromatic carbocycles. The van der Waals surface area contributed by atoms with E-state index in [1.165, 1.54) is 0 Å². The minimum Gasteiger partial charge on any atom is -0.387 e. The Morgan fingerprint density at radius 2 is 1.94 bits per heavy atom. The largest absolute Gasteiger partial charge is 0.387 e. The van der Waals surface area contributed by atoms with E-state index in [4.69, 9.17) is 0 Å². The van der Waals surface area contributed by atoms with Crippen molar-refractivity contribution in [3.63, 3.8) is 0 Å². The first kappa shape index (κ1) is 13.7. The molecule has 2 aromatic rings. The average Bonchev–Trinajstić information content (AvgIpc) is 2.76. The SMILES string of the molecule is CCC(O)c1cn(-c2c(Br)cc(C)cc2Br)nn1. The van der Waals surface area contributed by atoms with Crippen molar-refractivity contribution in [2.75, 3.05) is 0 Å². The van der Waals surface area contributed by atoms with Crippen LogP contribution >= 0.6 is 31.9 Å². The second-order valence-corrected chi connectivity index (χ2v) is 5.80. The maximum absolute atomic E-state index is 9.73. The Morgan fingerprint density at radius 3 is 2.50 bits per heavy atom. The summed E-state index contributed by atoms with van der Waals surface area (Å²) in [6.45, 7) is 3.92. The van der Waals surface area contributed by atoms with Crippen LogP contribution in [-0.4, -0.2) is 20.1 Å². The van der Waals surface area contributed by atoms with Crippen molar-refractivity contribution >= 4 is 31.9 Å². The molecule has 4 nitrogen and oxygen atoms in total. The summed E-state index contributed by atoms with van der Waals surface area (Å²) in [6, 6.07) is 4.02. The van der Waals surface area contributed by atoms with E-state index in [1.807, 2.05) is 26.0 Å². The Labute approximate surface area is 122 Å². The molecule has 18 heavy (non-hydrogen) atoms. The summed E-state index contributed by atoms with van der Waals surface area (Å²) in [7, 11) is 0. The molecule has 0 aliphatic rings. The molecule has 0 spiro atoms. The van der Waals surface area contributed by atoms with Crippen molar-refractivity contribution in [1.82, 2.24) is 15.0 Å². The van der Waals surface area contributed by atoms with Gasteiger partial charge in [0.25, 0.3) is 0 Å². The number of hydrogen-bond donors (Lipinski definition) is 1. The lowest BCUT2D eigenvalue weighted by Crippen LogP contribution is -1.98. The lowest BCUT2D eigenvalue weighted by Gasteiger charge is -2.08. The van der Waals surface area contributed by atoms with E-state index in [0.717, 1.165) is 20.2 Å². The summed E-state index contributed by atoms with van der Waals surface area (Å²) in [5, 5.41) is 17.8. The molecule has 0 saturated heterocycles. The first-order valence-corrected chi connectivity index (χ1v) is 7.17. The van der Waals surface area contributed by atoms with Gasteiger partial charge in [0.05, 0.1) is 18.0 Å². The standard InChI is InChI=1S/C12H13Br2N3O/c1-3-11(18)10-6-17(16-15-10)12-8(13)4-7(2)5-9(12)14/h4-6,11,18H,3H2,1-2H3. The monoisotopic (exact) mass is 373 g/mol. The number of aliphatic hydroxyl groups is 1. The highest BCUT2D eigenvalue weighted by atomic mass is 79.9. The Kier molecular flexibility index (Phi) is 4.19. The third kappa shape index (κ3) is 2.65. The second kappa shape index (κ2) is 5.50. The van der Waals surface area contributed by atoms with Gasteiger partial charge >= 0.3 is 0 Å². The van der Waals surface area contributed by atoms with Gasteiger partial charge in [-0.1, -0.05) is 12.1 Å². The minimum absolute atomic E-state index is 0.568. The van der Waals surface area contributed by atoms with Crippen molar-refractivity contribution < 1.29 is 5.11 Å². The first-order valence-electron chi connectivity index (χ1n) is 5.59. The number of halogens is 2. The molecular formula is C12H13Br2N3O. The van der Waals surface area contributed by atoms with Gasteiger partial charge in [0.2, 0.25) is 0 Å².